The topological polar surface area (TPSA) is 174 Å². The zero-order chi connectivity index (χ0) is 30.3. The van der Waals surface area contributed by atoms with Crippen molar-refractivity contribution in [3.8, 4) is 5.75 Å². The van der Waals surface area contributed by atoms with E-state index in [4.69, 9.17) is 25.2 Å². The average Bonchev–Trinajstić information content (AvgIpc) is 3.20. The van der Waals surface area contributed by atoms with Crippen molar-refractivity contribution in [3.63, 3.8) is 0 Å². The number of rotatable bonds is 11. The van der Waals surface area contributed by atoms with E-state index in [-0.39, 0.29) is 11.1 Å². The number of benzene rings is 1. The lowest BCUT2D eigenvalue weighted by molar-refractivity contribution is -0.170. The Bertz CT molecular complexity index is 1140. The number of aliphatic hydroxyl groups is 1. The molecule has 0 aliphatic carbocycles. The van der Waals surface area contributed by atoms with Crippen LogP contribution in [0.4, 0.5) is 0 Å². The normalized spacial score (nSPS) is 16.6. The minimum atomic E-state index is -2.74. The van der Waals surface area contributed by atoms with Crippen LogP contribution in [0.25, 0.3) is 0 Å². The summed E-state index contributed by atoms with van der Waals surface area (Å²) in [6, 6.07) is 8.83. The molecule has 1 aromatic carbocycles. The molecule has 0 atom stereocenters. The van der Waals surface area contributed by atoms with E-state index in [0.29, 0.717) is 6.04 Å². The van der Waals surface area contributed by atoms with Gasteiger partial charge in [-0.3, -0.25) is 14.5 Å². The first-order valence-electron chi connectivity index (χ1n) is 13.0. The number of carboxylic acid groups (broad SMARTS) is 3. The zero-order valence-corrected chi connectivity index (χ0v) is 24.0. The summed E-state index contributed by atoms with van der Waals surface area (Å²) in [5, 5.41) is 37.6. The van der Waals surface area contributed by atoms with Gasteiger partial charge in [-0.05, 0) is 46.6 Å². The van der Waals surface area contributed by atoms with E-state index in [1.807, 2.05) is 24.7 Å². The number of aliphatic carboxylic acids is 3. The second-order valence-corrected chi connectivity index (χ2v) is 11.6. The second kappa shape index (κ2) is 13.2. The summed E-state index contributed by atoms with van der Waals surface area (Å²) in [5.74, 6) is -4.06. The first-order valence-corrected chi connectivity index (χ1v) is 13.0. The van der Waals surface area contributed by atoms with E-state index in [9.17, 15) is 14.4 Å². The molecule has 12 heteroatoms. The number of imidazole rings is 1. The minimum Gasteiger partial charge on any atom is -0.496 e. The maximum Gasteiger partial charge on any atom is 0.336 e. The molecule has 222 valence electrons. The minimum absolute atomic E-state index is 0.109. The number of ether oxygens (including phenoxy) is 1. The zero-order valence-electron chi connectivity index (χ0n) is 24.0. The summed E-state index contributed by atoms with van der Waals surface area (Å²) in [6.45, 7) is 11.0. The predicted molar refractivity (Wildman–Crippen MR) is 147 cm³/mol. The quantitative estimate of drug-likeness (QED) is 0.272. The molecule has 1 saturated heterocycles. The van der Waals surface area contributed by atoms with Gasteiger partial charge in [0, 0.05) is 49.0 Å². The highest BCUT2D eigenvalue weighted by atomic mass is 16.5. The number of piperidine rings is 1. The van der Waals surface area contributed by atoms with Crippen molar-refractivity contribution in [1.82, 2.24) is 19.8 Å². The number of para-hydroxylation sites is 1. The third kappa shape index (κ3) is 9.61. The van der Waals surface area contributed by atoms with E-state index in [1.165, 1.54) is 11.3 Å². The molecule has 3 rings (SSSR count). The molecular weight excluding hydrogens is 520 g/mol. The summed E-state index contributed by atoms with van der Waals surface area (Å²) >= 11 is 0. The number of aromatic nitrogens is 2. The molecule has 40 heavy (non-hydrogen) atoms. The summed E-state index contributed by atoms with van der Waals surface area (Å²) in [6.07, 6.45) is 3.80. The Morgan fingerprint density at radius 1 is 1.05 bits per heavy atom. The third-order valence-electron chi connectivity index (χ3n) is 6.82. The molecule has 0 radical (unpaired) electrons. The van der Waals surface area contributed by atoms with Crippen molar-refractivity contribution >= 4 is 17.9 Å². The molecule has 1 fully saturated rings. The molecule has 1 aromatic heterocycles. The maximum atomic E-state index is 10.3. The molecule has 12 nitrogen and oxygen atoms in total. The summed E-state index contributed by atoms with van der Waals surface area (Å²) < 4.78 is 7.74. The molecule has 1 aliphatic rings. The number of nitrogens with one attached hydrogen (secondary N) is 1. The molecular formula is C28H42N4O8. The van der Waals surface area contributed by atoms with Crippen LogP contribution in [0.3, 0.4) is 0 Å². The monoisotopic (exact) mass is 562 g/mol. The highest BCUT2D eigenvalue weighted by Gasteiger charge is 2.41. The van der Waals surface area contributed by atoms with E-state index in [1.54, 1.807) is 7.11 Å². The van der Waals surface area contributed by atoms with Crippen LogP contribution >= 0.6 is 0 Å². The van der Waals surface area contributed by atoms with E-state index < -0.39 is 36.4 Å². The van der Waals surface area contributed by atoms with Crippen LogP contribution in [0.5, 0.6) is 5.75 Å². The smallest absolute Gasteiger partial charge is 0.336 e. The van der Waals surface area contributed by atoms with Gasteiger partial charge < -0.3 is 35.0 Å². The molecule has 0 bridgehead atoms. The number of aryl methyl sites for hydroxylation is 1. The molecule has 0 saturated carbocycles. The van der Waals surface area contributed by atoms with Gasteiger partial charge in [-0.25, -0.2) is 9.78 Å². The number of carbonyl (C=O) groups is 3. The van der Waals surface area contributed by atoms with Crippen molar-refractivity contribution in [1.29, 1.82) is 0 Å². The molecule has 0 amide bonds. The number of hydrogen-bond donors (Lipinski definition) is 5. The fraction of sp³-hybridized carbons (Fsp3) is 0.571. The van der Waals surface area contributed by atoms with Crippen LogP contribution in [0.2, 0.25) is 0 Å². The number of methoxy groups -OCH3 is 1. The lowest BCUT2D eigenvalue weighted by Gasteiger charge is -2.49. The van der Waals surface area contributed by atoms with Gasteiger partial charge in [0.25, 0.3) is 0 Å². The van der Waals surface area contributed by atoms with Crippen molar-refractivity contribution in [2.24, 2.45) is 7.05 Å². The average molecular weight is 563 g/mol. The fourth-order valence-electron chi connectivity index (χ4n) is 5.35. The Labute approximate surface area is 234 Å². The summed E-state index contributed by atoms with van der Waals surface area (Å²) in [5.41, 5.74) is -0.0524. The first kappa shape index (κ1) is 32.7. The van der Waals surface area contributed by atoms with Gasteiger partial charge in [-0.1, -0.05) is 18.2 Å². The fourth-order valence-corrected chi connectivity index (χ4v) is 5.35. The maximum absolute atomic E-state index is 10.3. The largest absolute Gasteiger partial charge is 0.496 e. The van der Waals surface area contributed by atoms with Crippen molar-refractivity contribution in [2.75, 3.05) is 7.11 Å². The summed E-state index contributed by atoms with van der Waals surface area (Å²) in [7, 11) is 3.82. The van der Waals surface area contributed by atoms with Gasteiger partial charge in [0.15, 0.2) is 5.60 Å². The Morgan fingerprint density at radius 2 is 1.60 bits per heavy atom. The van der Waals surface area contributed by atoms with Gasteiger partial charge in [-0.15, -0.1) is 0 Å². The highest BCUT2D eigenvalue weighted by molar-refractivity contribution is 5.88. The first-order chi connectivity index (χ1) is 18.5. The third-order valence-corrected chi connectivity index (χ3v) is 6.82. The van der Waals surface area contributed by atoms with Crippen LogP contribution in [-0.2, 0) is 34.5 Å². The number of hydrogen-bond acceptors (Lipinski definition) is 8. The van der Waals surface area contributed by atoms with Crippen molar-refractivity contribution in [2.45, 2.75) is 89.2 Å². The molecule has 5 N–H and O–H groups in total. The van der Waals surface area contributed by atoms with Crippen molar-refractivity contribution < 1.29 is 39.5 Å². The second-order valence-electron chi connectivity index (χ2n) is 11.6. The molecule has 0 unspecified atom stereocenters. The van der Waals surface area contributed by atoms with Crippen LogP contribution in [0, 0.1) is 0 Å². The predicted octanol–water partition coefficient (Wildman–Crippen LogP) is 2.49. The highest BCUT2D eigenvalue weighted by Crippen LogP contribution is 2.34. The molecule has 1 aliphatic heterocycles. The van der Waals surface area contributed by atoms with E-state index in [0.717, 1.165) is 31.7 Å². The Morgan fingerprint density at radius 3 is 2.05 bits per heavy atom. The van der Waals surface area contributed by atoms with Crippen LogP contribution < -0.4 is 10.1 Å². The summed E-state index contributed by atoms with van der Waals surface area (Å²) in [4.78, 5) is 37.4. The van der Waals surface area contributed by atoms with Gasteiger partial charge in [0.05, 0.1) is 32.0 Å². The number of carboxylic acids is 3. The Kier molecular flexibility index (Phi) is 10.8. The van der Waals surface area contributed by atoms with Crippen LogP contribution in [0.15, 0.2) is 36.8 Å². The SMILES string of the molecule is COc1ccccc1CN(Cc1cncn1C)C1CC(C)(C)NC(C)(C)C1.O=C(O)CC(O)(CC(=O)O)C(=O)O. The lowest BCUT2D eigenvalue weighted by Crippen LogP contribution is -2.62. The lowest BCUT2D eigenvalue weighted by atomic mass is 9.79. The Balaban J connectivity index is 0.000000366. The van der Waals surface area contributed by atoms with Gasteiger partial charge in [-0.2, -0.15) is 0 Å². The molecule has 2 aromatic rings. The standard InChI is InChI=1S/C22H34N4O.C6H8O7/c1-21(2)11-18(12-22(3,4)24-21)26(15-19-13-23-16-25(19)5)14-17-9-7-8-10-20(17)27-6;7-3(8)1-6(13,5(11)12)2-4(9)10/h7-10,13,16,18,24H,11-12,14-15H2,1-6H3;13H,1-2H2,(H,7,8)(H,9,10)(H,11,12). The van der Waals surface area contributed by atoms with Crippen molar-refractivity contribution in [3.05, 3.63) is 48.0 Å². The van der Waals surface area contributed by atoms with Gasteiger partial charge in [0.2, 0.25) is 0 Å². The molecule has 0 spiro atoms. The molecule has 2 heterocycles. The number of nitrogens with zero attached hydrogens (tertiary/aromatic N) is 3. The van der Waals surface area contributed by atoms with Crippen LogP contribution in [-0.4, -0.2) is 82.6 Å². The van der Waals surface area contributed by atoms with Gasteiger partial charge >= 0.3 is 17.9 Å². The van der Waals surface area contributed by atoms with Crippen LogP contribution in [0.1, 0.15) is 64.6 Å². The van der Waals surface area contributed by atoms with Gasteiger partial charge in [0.1, 0.15) is 5.75 Å². The van der Waals surface area contributed by atoms with E-state index in [2.05, 4.69) is 66.6 Å². The Hall–Kier alpha value is -3.48. The van der Waals surface area contributed by atoms with E-state index >= 15 is 0 Å².